The molecule has 0 bridgehead atoms. The minimum absolute atomic E-state index is 0.0723. The summed E-state index contributed by atoms with van der Waals surface area (Å²) in [5.74, 6) is -1.14. The Hall–Kier alpha value is -1.89. The Labute approximate surface area is 112 Å². The molecule has 0 aliphatic rings. The van der Waals surface area contributed by atoms with E-state index in [0.717, 1.165) is 0 Å². The van der Waals surface area contributed by atoms with Crippen LogP contribution < -0.4 is 10.6 Å². The van der Waals surface area contributed by atoms with Gasteiger partial charge in [-0.25, -0.2) is 4.79 Å². The van der Waals surface area contributed by atoms with E-state index < -0.39 is 12.0 Å². The highest BCUT2D eigenvalue weighted by molar-refractivity contribution is 5.88. The number of carboxylic acids is 1. The minimum atomic E-state index is -1.02. The number of aromatic nitrogens is 2. The number of hydrogen-bond donors (Lipinski definition) is 3. The molecule has 0 radical (unpaired) electrons. The third-order valence-electron chi connectivity index (χ3n) is 2.69. The quantitative estimate of drug-likeness (QED) is 0.681. The molecule has 1 amide bonds. The average molecular weight is 268 g/mol. The Morgan fingerprint density at radius 2 is 2.05 bits per heavy atom. The van der Waals surface area contributed by atoms with E-state index in [-0.39, 0.29) is 24.1 Å². The Morgan fingerprint density at radius 3 is 2.58 bits per heavy atom. The topological polar surface area (TPSA) is 96.2 Å². The van der Waals surface area contributed by atoms with Crippen LogP contribution in [0.5, 0.6) is 0 Å². The summed E-state index contributed by atoms with van der Waals surface area (Å²) in [6.07, 6.45) is 1.30. The van der Waals surface area contributed by atoms with Crippen molar-refractivity contribution in [3.05, 3.63) is 17.5 Å². The molecule has 7 heteroatoms. The monoisotopic (exact) mass is 268 g/mol. The van der Waals surface area contributed by atoms with Gasteiger partial charge in [0.25, 0.3) is 0 Å². The molecule has 1 aromatic heterocycles. The third-order valence-corrected chi connectivity index (χ3v) is 2.69. The van der Waals surface area contributed by atoms with Gasteiger partial charge in [0.1, 0.15) is 5.56 Å². The predicted octanol–water partition coefficient (Wildman–Crippen LogP) is 0.121. The first-order valence-corrected chi connectivity index (χ1v) is 6.10. The second-order valence-electron chi connectivity index (χ2n) is 4.70. The van der Waals surface area contributed by atoms with Crippen molar-refractivity contribution in [3.8, 4) is 0 Å². The van der Waals surface area contributed by atoms with Crippen molar-refractivity contribution in [2.24, 2.45) is 7.05 Å². The first-order chi connectivity index (χ1) is 8.82. The molecule has 1 unspecified atom stereocenters. The Balaban J connectivity index is 2.64. The van der Waals surface area contributed by atoms with Gasteiger partial charge in [-0.1, -0.05) is 0 Å². The minimum Gasteiger partial charge on any atom is -0.478 e. The molecule has 19 heavy (non-hydrogen) atoms. The van der Waals surface area contributed by atoms with Gasteiger partial charge < -0.3 is 15.7 Å². The van der Waals surface area contributed by atoms with Crippen molar-refractivity contribution in [3.63, 3.8) is 0 Å². The number of nitrogens with zero attached hydrogens (tertiary/aromatic N) is 2. The first kappa shape index (κ1) is 15.2. The lowest BCUT2D eigenvalue weighted by atomic mass is 10.2. The molecule has 0 fully saturated rings. The van der Waals surface area contributed by atoms with Gasteiger partial charge >= 0.3 is 5.97 Å². The second-order valence-corrected chi connectivity index (χ2v) is 4.70. The molecular weight excluding hydrogens is 248 g/mol. The van der Waals surface area contributed by atoms with E-state index in [1.54, 1.807) is 14.0 Å². The van der Waals surface area contributed by atoms with E-state index in [9.17, 15) is 9.59 Å². The van der Waals surface area contributed by atoms with Crippen LogP contribution in [0.15, 0.2) is 6.20 Å². The van der Waals surface area contributed by atoms with Gasteiger partial charge in [0.2, 0.25) is 5.91 Å². The van der Waals surface area contributed by atoms with Crippen LogP contribution in [-0.4, -0.2) is 38.8 Å². The molecule has 0 spiro atoms. The highest BCUT2D eigenvalue weighted by Gasteiger charge is 2.18. The molecule has 1 rings (SSSR count). The van der Waals surface area contributed by atoms with Crippen LogP contribution in [0.3, 0.4) is 0 Å². The molecule has 7 nitrogen and oxygen atoms in total. The molecule has 106 valence electrons. The molecule has 0 saturated heterocycles. The van der Waals surface area contributed by atoms with Gasteiger partial charge in [0.05, 0.1) is 17.9 Å². The summed E-state index contributed by atoms with van der Waals surface area (Å²) in [6, 6.07) is -0.332. The summed E-state index contributed by atoms with van der Waals surface area (Å²) >= 11 is 0. The molecular formula is C12H20N4O3. The summed E-state index contributed by atoms with van der Waals surface area (Å²) < 4.78 is 1.49. The van der Waals surface area contributed by atoms with Crippen molar-refractivity contribution in [2.45, 2.75) is 39.4 Å². The lowest BCUT2D eigenvalue weighted by molar-refractivity contribution is -0.123. The van der Waals surface area contributed by atoms with Gasteiger partial charge in [-0.15, -0.1) is 0 Å². The number of carbonyl (C=O) groups excluding carboxylic acids is 1. The van der Waals surface area contributed by atoms with Crippen molar-refractivity contribution in [1.29, 1.82) is 0 Å². The average Bonchev–Trinajstić information content (AvgIpc) is 2.66. The molecule has 0 saturated carbocycles. The van der Waals surface area contributed by atoms with E-state index in [4.69, 9.17) is 5.11 Å². The van der Waals surface area contributed by atoms with Crippen molar-refractivity contribution in [2.75, 3.05) is 0 Å². The maximum atomic E-state index is 11.7. The Bertz CT molecular complexity index is 468. The lowest BCUT2D eigenvalue weighted by Gasteiger charge is -2.16. The second kappa shape index (κ2) is 6.33. The first-order valence-electron chi connectivity index (χ1n) is 6.10. The number of carbonyl (C=O) groups is 2. The highest BCUT2D eigenvalue weighted by Crippen LogP contribution is 2.07. The standard InChI is InChI=1S/C12H20N4O3/c1-7(2)15-11(17)8(3)13-6-10-9(12(18)19)5-14-16(10)4/h5,7-8,13H,6H2,1-4H3,(H,15,17)(H,18,19). The molecule has 1 aromatic rings. The number of aryl methyl sites for hydroxylation is 1. The maximum Gasteiger partial charge on any atom is 0.339 e. The molecule has 1 heterocycles. The third kappa shape index (κ3) is 4.06. The van der Waals surface area contributed by atoms with Crippen LogP contribution in [0, 0.1) is 0 Å². The zero-order chi connectivity index (χ0) is 14.6. The SMILES string of the molecule is CC(C)NC(=O)C(C)NCc1c(C(=O)O)cnn1C. The molecule has 3 N–H and O–H groups in total. The van der Waals surface area contributed by atoms with Crippen LogP contribution >= 0.6 is 0 Å². The predicted molar refractivity (Wildman–Crippen MR) is 69.7 cm³/mol. The van der Waals surface area contributed by atoms with E-state index in [1.807, 2.05) is 13.8 Å². The summed E-state index contributed by atoms with van der Waals surface area (Å²) in [7, 11) is 1.67. The largest absolute Gasteiger partial charge is 0.478 e. The van der Waals surface area contributed by atoms with Gasteiger partial charge in [-0.2, -0.15) is 5.10 Å². The lowest BCUT2D eigenvalue weighted by Crippen LogP contribution is -2.44. The van der Waals surface area contributed by atoms with Crippen LogP contribution in [0.1, 0.15) is 36.8 Å². The molecule has 0 aromatic carbocycles. The smallest absolute Gasteiger partial charge is 0.339 e. The van der Waals surface area contributed by atoms with Gasteiger partial charge in [0.15, 0.2) is 0 Å². The molecule has 0 aliphatic carbocycles. The summed E-state index contributed by atoms with van der Waals surface area (Å²) in [6.45, 7) is 5.77. The normalized spacial score (nSPS) is 12.5. The van der Waals surface area contributed by atoms with Gasteiger partial charge in [-0.3, -0.25) is 9.48 Å². The van der Waals surface area contributed by atoms with Gasteiger partial charge in [-0.05, 0) is 20.8 Å². The maximum absolute atomic E-state index is 11.7. The summed E-state index contributed by atoms with van der Waals surface area (Å²) in [5, 5.41) is 18.7. The fourth-order valence-corrected chi connectivity index (χ4v) is 1.60. The highest BCUT2D eigenvalue weighted by atomic mass is 16.4. The number of nitrogens with one attached hydrogen (secondary N) is 2. The van der Waals surface area contributed by atoms with E-state index in [2.05, 4.69) is 15.7 Å². The van der Waals surface area contributed by atoms with E-state index in [0.29, 0.717) is 5.69 Å². The Morgan fingerprint density at radius 1 is 1.42 bits per heavy atom. The zero-order valence-corrected chi connectivity index (χ0v) is 11.6. The van der Waals surface area contributed by atoms with Crippen molar-refractivity contribution in [1.82, 2.24) is 20.4 Å². The van der Waals surface area contributed by atoms with E-state index >= 15 is 0 Å². The van der Waals surface area contributed by atoms with Crippen LogP contribution in [0.4, 0.5) is 0 Å². The number of carboxylic acid groups (broad SMARTS) is 1. The zero-order valence-electron chi connectivity index (χ0n) is 11.6. The van der Waals surface area contributed by atoms with E-state index in [1.165, 1.54) is 10.9 Å². The molecule has 1 atom stereocenters. The van der Waals surface area contributed by atoms with Crippen molar-refractivity contribution < 1.29 is 14.7 Å². The van der Waals surface area contributed by atoms with Gasteiger partial charge in [0, 0.05) is 19.6 Å². The summed E-state index contributed by atoms with van der Waals surface area (Å²) in [4.78, 5) is 22.7. The van der Waals surface area contributed by atoms with Crippen molar-refractivity contribution >= 4 is 11.9 Å². The van der Waals surface area contributed by atoms with Crippen LogP contribution in [0.25, 0.3) is 0 Å². The number of hydrogen-bond acceptors (Lipinski definition) is 4. The fourth-order valence-electron chi connectivity index (χ4n) is 1.60. The fraction of sp³-hybridized carbons (Fsp3) is 0.583. The number of aromatic carboxylic acids is 1. The number of amides is 1. The number of rotatable bonds is 6. The van der Waals surface area contributed by atoms with Crippen LogP contribution in [-0.2, 0) is 18.4 Å². The Kier molecular flexibility index (Phi) is 5.05. The molecule has 0 aliphatic heterocycles. The van der Waals surface area contributed by atoms with Crippen LogP contribution in [0.2, 0.25) is 0 Å². The summed E-state index contributed by atoms with van der Waals surface area (Å²) in [5.41, 5.74) is 0.683.